The first-order valence-electron chi connectivity index (χ1n) is 46.4. The lowest BCUT2D eigenvalue weighted by Crippen LogP contribution is -2.84. The highest BCUT2D eigenvalue weighted by Gasteiger charge is 2.76. The minimum Gasteiger partial charge on any atom is -0.376 e. The summed E-state index contributed by atoms with van der Waals surface area (Å²) in [6.07, 6.45) is 0. The van der Waals surface area contributed by atoms with E-state index in [2.05, 4.69) is 416 Å². The molecule has 7 aliphatic heterocycles. The average Bonchev–Trinajstić information content (AvgIpc) is 0.689. The van der Waals surface area contributed by atoms with Gasteiger partial charge in [0.2, 0.25) is 0 Å². The Kier molecular flexibility index (Phi) is 27.5. The van der Waals surface area contributed by atoms with E-state index in [1.165, 1.54) is 198 Å². The maximum Gasteiger partial charge on any atom is 0.475 e. The highest BCUT2D eigenvalue weighted by molar-refractivity contribution is 8.00. The molecule has 0 saturated carbocycles. The van der Waals surface area contributed by atoms with E-state index >= 15 is 0 Å². The predicted molar refractivity (Wildman–Crippen MR) is 579 cm³/mol. The van der Waals surface area contributed by atoms with Gasteiger partial charge in [-0.1, -0.05) is 340 Å². The molecule has 0 aliphatic carbocycles. The molecule has 7 aliphatic rings. The normalized spacial score (nSPS) is 23.6. The highest BCUT2D eigenvalue weighted by atomic mass is 31.3. The second kappa shape index (κ2) is 38.0. The molecule has 0 amide bonds. The summed E-state index contributed by atoms with van der Waals surface area (Å²) in [6.45, 7) is 51.2. The zero-order valence-electron chi connectivity index (χ0n) is 82.4. The maximum absolute atomic E-state index is 6.36. The van der Waals surface area contributed by atoms with E-state index in [4.69, 9.17) is 62.9 Å². The van der Waals surface area contributed by atoms with E-state index < -0.39 is 92.8 Å². The van der Waals surface area contributed by atoms with Gasteiger partial charge < -0.3 is 49.4 Å². The Hall–Kier alpha value is -8.97. The third-order valence-corrected chi connectivity index (χ3v) is 72.1. The summed E-state index contributed by atoms with van der Waals surface area (Å²) in [6, 6.07) is 108. The molecule has 0 aromatic heterocycles. The van der Waals surface area contributed by atoms with Crippen LogP contribution in [0.15, 0.2) is 305 Å². The van der Waals surface area contributed by atoms with Crippen molar-refractivity contribution in [1.82, 2.24) is 0 Å². The Balaban J connectivity index is 0.000000126. The Morgan fingerprint density at radius 1 is 0.170 bits per heavy atom. The summed E-state index contributed by atoms with van der Waals surface area (Å²) in [5.41, 5.74) is 31.0. The van der Waals surface area contributed by atoms with Gasteiger partial charge in [-0.25, -0.2) is 13.5 Å². The van der Waals surface area contributed by atoms with Gasteiger partial charge in [0.25, 0.3) is 0 Å². The van der Waals surface area contributed by atoms with E-state index in [1.54, 1.807) is 45.8 Å². The summed E-state index contributed by atoms with van der Waals surface area (Å²) in [4.78, 5) is 0. The smallest absolute Gasteiger partial charge is 0.376 e. The van der Waals surface area contributed by atoms with Gasteiger partial charge in [0.05, 0.1) is 0 Å². The zero-order valence-corrected chi connectivity index (χ0v) is 93.2. The van der Waals surface area contributed by atoms with Gasteiger partial charge in [-0.2, -0.15) is 0 Å². The molecule has 26 heteroatoms. The monoisotopic (exact) mass is 1980 g/mol. The van der Waals surface area contributed by atoms with Gasteiger partial charge in [0.15, 0.2) is 0 Å². The average molecular weight is 1990 g/mol. The van der Waals surface area contributed by atoms with Gasteiger partial charge in [0.1, 0.15) is 21.6 Å². The summed E-state index contributed by atoms with van der Waals surface area (Å²) in [5, 5.41) is 15.3. The number of hydrogen-bond acceptors (Lipinski definition) is 15. The van der Waals surface area contributed by atoms with Crippen molar-refractivity contribution in [1.29, 1.82) is 0 Å². The molecule has 8 bridgehead atoms. The fourth-order valence-corrected chi connectivity index (χ4v) is 76.0. The Labute approximate surface area is 808 Å². The lowest BCUT2D eigenvalue weighted by atomic mass is 9.88. The molecule has 0 spiro atoms. The number of nitrogens with zero attached hydrogens (tertiary/aromatic N) is 3. The van der Waals surface area contributed by atoms with Crippen LogP contribution in [0.5, 0.6) is 0 Å². The molecule has 694 valence electrons. The van der Waals surface area contributed by atoms with Gasteiger partial charge in [-0.15, -0.1) is 0 Å². The van der Waals surface area contributed by atoms with Crippen LogP contribution < -0.4 is 31.8 Å². The molecular formula is C109H124N3O12P3Si8. The Morgan fingerprint density at radius 2 is 0.319 bits per heavy atom. The van der Waals surface area contributed by atoms with E-state index in [0.717, 1.165) is 0 Å². The molecule has 15 aromatic carbocycles. The quantitative estimate of drug-likeness (QED) is 0.0769. The summed E-state index contributed by atoms with van der Waals surface area (Å²) in [5.74, 6) is 0. The largest absolute Gasteiger partial charge is 0.475 e. The summed E-state index contributed by atoms with van der Waals surface area (Å²) >= 11 is 0. The molecule has 6 saturated heterocycles. The van der Waals surface area contributed by atoms with E-state index in [1.807, 2.05) is 0 Å². The van der Waals surface area contributed by atoms with Gasteiger partial charge in [-0.3, -0.25) is 0 Å². The fourth-order valence-electron chi connectivity index (χ4n) is 18.6. The van der Waals surface area contributed by atoms with Gasteiger partial charge in [-0.05, 0) is 242 Å². The van der Waals surface area contributed by atoms with Crippen molar-refractivity contribution in [3.05, 3.63) is 391 Å². The van der Waals surface area contributed by atoms with Crippen LogP contribution in [0.2, 0.25) is 45.8 Å². The molecule has 6 fully saturated rings. The van der Waals surface area contributed by atoms with E-state index in [-0.39, 0.29) is 0 Å². The minimum absolute atomic E-state index is 1.17. The second-order valence-electron chi connectivity index (χ2n) is 38.2. The third kappa shape index (κ3) is 21.0. The Bertz CT molecular complexity index is 6240. The molecule has 135 heavy (non-hydrogen) atoms. The van der Waals surface area contributed by atoms with Crippen LogP contribution in [0.4, 0.5) is 0 Å². The number of aryl methyl sites for hydroxylation is 18. The molecule has 15 nitrogen and oxygen atoms in total. The summed E-state index contributed by atoms with van der Waals surface area (Å²) < 4.78 is 94.4. The third-order valence-electron chi connectivity index (χ3n) is 25.6. The zero-order chi connectivity index (χ0) is 95.9. The van der Waals surface area contributed by atoms with Crippen LogP contribution in [-0.4, -0.2) is 71.2 Å². The van der Waals surface area contributed by atoms with Crippen molar-refractivity contribution in [2.75, 3.05) is 0 Å². The first kappa shape index (κ1) is 97.7. The molecule has 0 N–H and O–H groups in total. The predicted octanol–water partition coefficient (Wildman–Crippen LogP) is 27.3. The van der Waals surface area contributed by atoms with Crippen LogP contribution in [0.25, 0.3) is 65.7 Å². The topological polar surface area (TPSA) is 148 Å². The SMILES string of the molecule is C[Si]12O[SiH]3O[Si]4(C)O[Si](C)(O1)O[Si]1(C)O[Si](C)(O2)O[Si](C)(O3)O[Si](C)(O4)O1.Cc1cc(C)cc(C)c1.Cc1cc2c3cc(C)c(C)cc3c3cc(C)c(C)cc3c2cc1C.Cc1ccc(-c2cc(-c3ccc(C)cc3)cc(-c3ccc(C)cc3)c2)cc1.Cc1ccc(P2(c3ccc(C)cc3)=NP(c3ccc(C)cc3)(c3ccc(C)cc3)=NP(c3ccc(C)cc3)(c3ccc(C)cc3)=N2)cc1. The molecule has 22 rings (SSSR count). The molecule has 7 heterocycles. The lowest BCUT2D eigenvalue weighted by Gasteiger charge is -2.58. The minimum atomic E-state index is -3.38. The standard InChI is InChI=1S/C42H42N3P3.C27H24.C24H24.C9H12.C7H22O12Si8/c1-31-7-19-37(20-8-31)46(38-21-9-32(2)10-22-38)43-47(39-23-11-33(3)12-24-39,40-25-13-34(4)14-26-40)45-48(44-46,41-27-15-35(5)16-28-41)42-29-17-36(6)18-30-42;1-19-4-10-22(11-5-19)25-16-26(23-12-6-20(2)7-13-23)18-27(17-25)24-14-8-21(3)9-15-24;1-13-7-19-20(8-14(13)2)22-10-16(4)18(6)12-24(22)23-11-17(5)15(3)9-21(19)23;1-7-4-8(2)6-9(3)5-7;1-21-8-20-9-22(2)13-24(4,11-21)17-27(7)18-25(5,12-21)14-23(3,10-20)16-26(6,15-22)19-27/h7-30H,1-6H3;4-18H,1-3H3;7-12H,1-6H3;4-6H,1-3H3;20H,1-7H3. The molecular weight excluding hydrogens is 1860 g/mol. The fraction of sp³-hybridized carbons (Fsp3) is 0.229. The molecule has 0 unspecified atom stereocenters. The maximum atomic E-state index is 6.36. The van der Waals surface area contributed by atoms with Crippen LogP contribution in [0.3, 0.4) is 0 Å². The van der Waals surface area contributed by atoms with Crippen molar-refractivity contribution in [3.8, 4) is 33.4 Å². The van der Waals surface area contributed by atoms with Crippen LogP contribution in [-0.2, 0) is 49.4 Å². The van der Waals surface area contributed by atoms with Crippen molar-refractivity contribution in [3.63, 3.8) is 0 Å². The number of benzene rings is 15. The van der Waals surface area contributed by atoms with E-state index in [9.17, 15) is 0 Å². The highest BCUT2D eigenvalue weighted by Crippen LogP contribution is 2.76. The van der Waals surface area contributed by atoms with Crippen molar-refractivity contribution >= 4 is 157 Å². The molecule has 0 atom stereocenters. The van der Waals surface area contributed by atoms with Gasteiger partial charge in [0, 0.05) is 77.7 Å². The van der Waals surface area contributed by atoms with Crippen LogP contribution >= 0.6 is 21.6 Å². The second-order valence-corrected chi connectivity index (χ2v) is 69.9. The van der Waals surface area contributed by atoms with Crippen molar-refractivity contribution in [2.24, 2.45) is 13.5 Å². The molecule has 15 aromatic rings. The number of hydrogen-bond donors (Lipinski definition) is 0. The van der Waals surface area contributed by atoms with E-state index in [0.29, 0.717) is 0 Å². The Morgan fingerprint density at radius 3 is 0.481 bits per heavy atom. The number of fused-ring (bicyclic) bond motifs is 6. The van der Waals surface area contributed by atoms with Crippen molar-refractivity contribution < 1.29 is 49.4 Å². The molecule has 0 radical (unpaired) electrons. The first-order valence-corrected chi connectivity index (χ1v) is 68.4. The van der Waals surface area contributed by atoms with Crippen LogP contribution in [0, 0.1) is 125 Å². The van der Waals surface area contributed by atoms with Crippen molar-refractivity contribution in [2.45, 2.75) is 170 Å². The first-order chi connectivity index (χ1) is 63.9. The van der Waals surface area contributed by atoms with Crippen LogP contribution in [0.1, 0.15) is 100 Å². The number of rotatable bonds is 9. The lowest BCUT2D eigenvalue weighted by molar-refractivity contribution is -0.0110. The van der Waals surface area contributed by atoms with Gasteiger partial charge >= 0.3 is 71.2 Å². The summed E-state index contributed by atoms with van der Waals surface area (Å²) in [7, 11) is -34.8.